The highest BCUT2D eigenvalue weighted by Crippen LogP contribution is 2.28. The molecule has 0 saturated carbocycles. The second-order valence-corrected chi connectivity index (χ2v) is 6.73. The zero-order valence-corrected chi connectivity index (χ0v) is 16.6. The average Bonchev–Trinajstić information content (AvgIpc) is 2.60. The van der Waals surface area contributed by atoms with Crippen LogP contribution in [0.4, 0.5) is 5.69 Å². The molecule has 0 radical (unpaired) electrons. The highest BCUT2D eigenvalue weighted by molar-refractivity contribution is 9.10. The molecule has 0 fully saturated rings. The topological polar surface area (TPSA) is 47.6 Å². The molecule has 0 bridgehead atoms. The van der Waals surface area contributed by atoms with Gasteiger partial charge in [0.2, 0.25) is 5.91 Å². The van der Waals surface area contributed by atoms with Gasteiger partial charge in [0, 0.05) is 12.1 Å². The fraction of sp³-hybridized carbons (Fsp3) is 0.316. The van der Waals surface area contributed by atoms with Crippen LogP contribution in [-0.4, -0.2) is 19.6 Å². The smallest absolute Gasteiger partial charge is 0.224 e. The molecule has 1 amide bonds. The van der Waals surface area contributed by atoms with Gasteiger partial charge >= 0.3 is 0 Å². The van der Waals surface area contributed by atoms with Gasteiger partial charge in [-0.15, -0.1) is 0 Å². The number of methoxy groups -OCH3 is 1. The molecule has 0 spiro atoms. The summed E-state index contributed by atoms with van der Waals surface area (Å²) in [5, 5.41) is 3.28. The largest absolute Gasteiger partial charge is 0.495 e. The van der Waals surface area contributed by atoms with Crippen molar-refractivity contribution in [2.75, 3.05) is 19.0 Å². The van der Waals surface area contributed by atoms with Crippen molar-refractivity contribution in [1.82, 2.24) is 0 Å². The van der Waals surface area contributed by atoms with Crippen molar-refractivity contribution in [1.29, 1.82) is 0 Å². The van der Waals surface area contributed by atoms with Crippen molar-refractivity contribution in [3.63, 3.8) is 0 Å². The molecule has 4 nitrogen and oxygen atoms in total. The van der Waals surface area contributed by atoms with Gasteiger partial charge in [0.05, 0.1) is 23.2 Å². The Labute approximate surface area is 161 Å². The summed E-state index contributed by atoms with van der Waals surface area (Å²) in [5.41, 5.74) is 1.89. The van der Waals surface area contributed by atoms with E-state index in [-0.39, 0.29) is 5.91 Å². The Morgan fingerprint density at radius 3 is 2.60 bits per heavy atom. The van der Waals surface area contributed by atoms with E-state index >= 15 is 0 Å². The third-order valence-electron chi connectivity index (χ3n) is 3.65. The van der Waals surface area contributed by atoms with E-state index in [1.165, 1.54) is 5.56 Å². The lowest BCUT2D eigenvalue weighted by Crippen LogP contribution is -2.12. The van der Waals surface area contributed by atoms with Crippen LogP contribution in [0.15, 0.2) is 40.9 Å². The molecule has 2 aromatic rings. The van der Waals surface area contributed by atoms with Gasteiger partial charge in [0.25, 0.3) is 0 Å². The van der Waals surface area contributed by atoms with Gasteiger partial charge in [-0.2, -0.15) is 0 Å². The Morgan fingerprint density at radius 1 is 1.20 bits per heavy atom. The summed E-state index contributed by atoms with van der Waals surface area (Å²) in [5.74, 6) is 1.29. The first-order valence-electron chi connectivity index (χ1n) is 8.08. The highest BCUT2D eigenvalue weighted by atomic mass is 79.9. The Balaban J connectivity index is 1.76. The normalized spacial score (nSPS) is 10.4. The lowest BCUT2D eigenvalue weighted by molar-refractivity contribution is -0.116. The number of rotatable bonds is 8. The van der Waals surface area contributed by atoms with Crippen molar-refractivity contribution >= 4 is 39.1 Å². The Hall–Kier alpha value is -1.72. The molecule has 2 aromatic carbocycles. The van der Waals surface area contributed by atoms with E-state index in [9.17, 15) is 4.79 Å². The fourth-order valence-corrected chi connectivity index (χ4v) is 3.06. The van der Waals surface area contributed by atoms with Crippen molar-refractivity contribution in [2.24, 2.45) is 0 Å². The number of halogens is 2. The number of ether oxygens (including phenoxy) is 2. The molecular formula is C19H21BrClNO3. The van der Waals surface area contributed by atoms with Crippen LogP contribution in [0.25, 0.3) is 0 Å². The third-order valence-corrected chi connectivity index (χ3v) is 4.56. The van der Waals surface area contributed by atoms with Crippen LogP contribution in [-0.2, 0) is 11.2 Å². The van der Waals surface area contributed by atoms with Crippen LogP contribution >= 0.6 is 27.5 Å². The number of aryl methyl sites for hydroxylation is 1. The van der Waals surface area contributed by atoms with Crippen molar-refractivity contribution in [2.45, 2.75) is 26.2 Å². The van der Waals surface area contributed by atoms with E-state index in [2.05, 4.69) is 34.2 Å². The van der Waals surface area contributed by atoms with Crippen LogP contribution in [0, 0.1) is 0 Å². The molecule has 0 heterocycles. The number of amides is 1. The molecule has 0 aromatic heterocycles. The maximum absolute atomic E-state index is 12.0. The van der Waals surface area contributed by atoms with Crippen molar-refractivity contribution < 1.29 is 14.3 Å². The molecule has 0 aliphatic heterocycles. The van der Waals surface area contributed by atoms with Crippen molar-refractivity contribution in [3.05, 3.63) is 51.5 Å². The minimum Gasteiger partial charge on any atom is -0.495 e. The summed E-state index contributed by atoms with van der Waals surface area (Å²) >= 11 is 9.55. The van der Waals surface area contributed by atoms with Crippen molar-refractivity contribution in [3.8, 4) is 11.5 Å². The van der Waals surface area contributed by atoms with Crippen LogP contribution in [0.3, 0.4) is 0 Å². The monoisotopic (exact) mass is 425 g/mol. The SMILES string of the molecule is CCc1ccc(OCCCC(=O)Nc2ccc(OC)c(Cl)c2)c(Br)c1. The maximum Gasteiger partial charge on any atom is 0.224 e. The quantitative estimate of drug-likeness (QED) is 0.569. The summed E-state index contributed by atoms with van der Waals surface area (Å²) in [6, 6.07) is 11.2. The molecule has 1 N–H and O–H groups in total. The average molecular weight is 427 g/mol. The number of nitrogens with one attached hydrogen (secondary N) is 1. The molecule has 0 saturated heterocycles. The summed E-state index contributed by atoms with van der Waals surface area (Å²) in [4.78, 5) is 12.0. The van der Waals surface area contributed by atoms with E-state index in [0.29, 0.717) is 35.9 Å². The maximum atomic E-state index is 12.0. The van der Waals surface area contributed by atoms with Gasteiger partial charge in [-0.1, -0.05) is 24.6 Å². The lowest BCUT2D eigenvalue weighted by atomic mass is 10.2. The number of carbonyl (C=O) groups excluding carboxylic acids is 1. The summed E-state index contributed by atoms with van der Waals surface area (Å²) in [7, 11) is 1.55. The molecule has 25 heavy (non-hydrogen) atoms. The van der Waals surface area contributed by atoms with E-state index in [0.717, 1.165) is 16.6 Å². The molecule has 0 atom stereocenters. The second kappa shape index (κ2) is 9.68. The summed E-state index contributed by atoms with van der Waals surface area (Å²) in [6.07, 6.45) is 1.97. The third kappa shape index (κ3) is 5.94. The minimum atomic E-state index is -0.0785. The Bertz CT molecular complexity index is 737. The number of hydrogen-bond acceptors (Lipinski definition) is 3. The number of carbonyl (C=O) groups is 1. The first kappa shape index (κ1) is 19.6. The van der Waals surface area contributed by atoms with Crippen LogP contribution in [0.5, 0.6) is 11.5 Å². The number of hydrogen-bond donors (Lipinski definition) is 1. The summed E-state index contributed by atoms with van der Waals surface area (Å²) < 4.78 is 11.7. The van der Waals surface area contributed by atoms with E-state index in [4.69, 9.17) is 21.1 Å². The first-order chi connectivity index (χ1) is 12.0. The Kier molecular flexibility index (Phi) is 7.59. The summed E-state index contributed by atoms with van der Waals surface area (Å²) in [6.45, 7) is 2.58. The van der Waals surface area contributed by atoms with Gasteiger partial charge in [-0.3, -0.25) is 4.79 Å². The van der Waals surface area contributed by atoms with E-state index in [1.54, 1.807) is 25.3 Å². The number of benzene rings is 2. The van der Waals surface area contributed by atoms with Gasteiger partial charge in [-0.25, -0.2) is 0 Å². The van der Waals surface area contributed by atoms with E-state index in [1.807, 2.05) is 12.1 Å². The highest BCUT2D eigenvalue weighted by Gasteiger charge is 2.07. The second-order valence-electron chi connectivity index (χ2n) is 5.47. The zero-order valence-electron chi connectivity index (χ0n) is 14.3. The van der Waals surface area contributed by atoms with Gasteiger partial charge in [0.15, 0.2) is 0 Å². The predicted octanol–water partition coefficient (Wildman–Crippen LogP) is 5.47. The van der Waals surface area contributed by atoms with Crippen LogP contribution < -0.4 is 14.8 Å². The minimum absolute atomic E-state index is 0.0785. The Morgan fingerprint density at radius 2 is 1.96 bits per heavy atom. The molecule has 0 aliphatic rings. The van der Waals surface area contributed by atoms with Gasteiger partial charge < -0.3 is 14.8 Å². The fourth-order valence-electron chi connectivity index (χ4n) is 2.26. The molecule has 0 aliphatic carbocycles. The molecule has 0 unspecified atom stereocenters. The first-order valence-corrected chi connectivity index (χ1v) is 9.25. The van der Waals surface area contributed by atoms with E-state index < -0.39 is 0 Å². The molecular weight excluding hydrogens is 406 g/mol. The standard InChI is InChI=1S/C19H21BrClNO3/c1-3-13-6-8-17(15(20)11-13)25-10-4-5-19(23)22-14-7-9-18(24-2)16(21)12-14/h6-9,11-12H,3-5,10H2,1-2H3,(H,22,23). The molecule has 6 heteroatoms. The predicted molar refractivity (Wildman–Crippen MR) is 105 cm³/mol. The van der Waals surface area contributed by atoms with Crippen LogP contribution in [0.2, 0.25) is 5.02 Å². The van der Waals surface area contributed by atoms with Crippen LogP contribution in [0.1, 0.15) is 25.3 Å². The molecule has 2 rings (SSSR count). The van der Waals surface area contributed by atoms with Gasteiger partial charge in [-0.05, 0) is 64.7 Å². The molecule has 134 valence electrons. The number of anilines is 1. The van der Waals surface area contributed by atoms with Gasteiger partial charge in [0.1, 0.15) is 11.5 Å². The zero-order chi connectivity index (χ0) is 18.2. The lowest BCUT2D eigenvalue weighted by Gasteiger charge is -2.10.